The van der Waals surface area contributed by atoms with Crippen LogP contribution >= 0.6 is 23.2 Å². The molecule has 7 heteroatoms. The van der Waals surface area contributed by atoms with Gasteiger partial charge >= 0.3 is 0 Å². The van der Waals surface area contributed by atoms with Crippen molar-refractivity contribution in [3.05, 3.63) is 63.6 Å². The zero-order valence-corrected chi connectivity index (χ0v) is 19.3. The van der Waals surface area contributed by atoms with Gasteiger partial charge in [0.15, 0.2) is 0 Å². The maximum Gasteiger partial charge on any atom is 0.242 e. The van der Waals surface area contributed by atoms with Crippen molar-refractivity contribution in [2.45, 2.75) is 39.8 Å². The molecule has 0 aliphatic rings. The van der Waals surface area contributed by atoms with Gasteiger partial charge in [-0.25, -0.2) is 0 Å². The molecule has 162 valence electrons. The number of rotatable bonds is 9. The average Bonchev–Trinajstić information content (AvgIpc) is 2.72. The van der Waals surface area contributed by atoms with E-state index in [0.717, 1.165) is 11.3 Å². The van der Waals surface area contributed by atoms with Crippen molar-refractivity contribution < 1.29 is 14.3 Å². The molecular weight excluding hydrogens is 423 g/mol. The Labute approximate surface area is 188 Å². The van der Waals surface area contributed by atoms with Gasteiger partial charge in [-0.2, -0.15) is 0 Å². The molecular formula is C23H28Cl2N2O3. The Morgan fingerprint density at radius 1 is 1.07 bits per heavy atom. The number of methoxy groups -OCH3 is 1. The molecule has 30 heavy (non-hydrogen) atoms. The van der Waals surface area contributed by atoms with Gasteiger partial charge in [-0.3, -0.25) is 9.59 Å². The molecule has 0 saturated heterocycles. The normalized spacial score (nSPS) is 11.8. The maximum absolute atomic E-state index is 13.2. The number of nitrogens with zero attached hydrogens (tertiary/aromatic N) is 1. The first-order valence-electron chi connectivity index (χ1n) is 9.85. The van der Waals surface area contributed by atoms with Crippen LogP contribution in [0.2, 0.25) is 10.0 Å². The molecule has 0 bridgehead atoms. The highest BCUT2D eigenvalue weighted by Crippen LogP contribution is 2.23. The molecule has 0 radical (unpaired) electrons. The predicted molar refractivity (Wildman–Crippen MR) is 121 cm³/mol. The molecule has 0 aromatic heterocycles. The third kappa shape index (κ3) is 6.92. The summed E-state index contributed by atoms with van der Waals surface area (Å²) in [4.78, 5) is 27.4. The van der Waals surface area contributed by atoms with Gasteiger partial charge in [0, 0.05) is 23.1 Å². The summed E-state index contributed by atoms with van der Waals surface area (Å²) in [6, 6.07) is 11.8. The number of carbonyl (C=O) groups is 2. The van der Waals surface area contributed by atoms with Crippen LogP contribution in [0.4, 0.5) is 0 Å². The van der Waals surface area contributed by atoms with Crippen LogP contribution in [0.3, 0.4) is 0 Å². The Bertz CT molecular complexity index is 869. The Hall–Kier alpha value is -2.24. The first-order chi connectivity index (χ1) is 14.2. The van der Waals surface area contributed by atoms with Crippen LogP contribution < -0.4 is 10.1 Å². The van der Waals surface area contributed by atoms with Gasteiger partial charge < -0.3 is 15.0 Å². The summed E-state index contributed by atoms with van der Waals surface area (Å²) >= 11 is 12.2. The van der Waals surface area contributed by atoms with Gasteiger partial charge in [0.25, 0.3) is 0 Å². The highest BCUT2D eigenvalue weighted by atomic mass is 35.5. The fourth-order valence-corrected chi connectivity index (χ4v) is 3.37. The van der Waals surface area contributed by atoms with E-state index >= 15 is 0 Å². The Morgan fingerprint density at radius 3 is 2.30 bits per heavy atom. The zero-order valence-electron chi connectivity index (χ0n) is 17.7. The quantitative estimate of drug-likeness (QED) is 0.600. The van der Waals surface area contributed by atoms with Gasteiger partial charge in [-0.1, -0.05) is 55.2 Å². The largest absolute Gasteiger partial charge is 0.497 e. The molecule has 5 nitrogen and oxygen atoms in total. The molecule has 1 atom stereocenters. The molecule has 1 unspecified atom stereocenters. The number of benzene rings is 2. The van der Waals surface area contributed by atoms with Crippen LogP contribution in [0, 0.1) is 5.92 Å². The second-order valence-corrected chi connectivity index (χ2v) is 8.44. The minimum atomic E-state index is -0.635. The number of halogens is 2. The summed E-state index contributed by atoms with van der Waals surface area (Å²) < 4.78 is 5.19. The van der Waals surface area contributed by atoms with Crippen molar-refractivity contribution in [2.24, 2.45) is 5.92 Å². The Morgan fingerprint density at radius 2 is 1.73 bits per heavy atom. The number of ether oxygens (including phenoxy) is 1. The Balaban J connectivity index is 2.23. The number of nitrogens with one attached hydrogen (secondary N) is 1. The summed E-state index contributed by atoms with van der Waals surface area (Å²) in [6.07, 6.45) is 0.0773. The first-order valence-corrected chi connectivity index (χ1v) is 10.6. The van der Waals surface area contributed by atoms with E-state index in [-0.39, 0.29) is 18.2 Å². The van der Waals surface area contributed by atoms with Crippen molar-refractivity contribution in [2.75, 3.05) is 13.7 Å². The van der Waals surface area contributed by atoms with Crippen molar-refractivity contribution in [1.29, 1.82) is 0 Å². The van der Waals surface area contributed by atoms with E-state index < -0.39 is 6.04 Å². The number of hydrogen-bond acceptors (Lipinski definition) is 3. The van der Waals surface area contributed by atoms with Crippen LogP contribution in [0.1, 0.15) is 31.9 Å². The summed E-state index contributed by atoms with van der Waals surface area (Å²) in [7, 11) is 1.60. The number of hydrogen-bond donors (Lipinski definition) is 1. The fourth-order valence-electron chi connectivity index (χ4n) is 2.89. The van der Waals surface area contributed by atoms with Crippen LogP contribution in [-0.2, 0) is 22.6 Å². The predicted octanol–water partition coefficient (Wildman–Crippen LogP) is 4.73. The van der Waals surface area contributed by atoms with Crippen molar-refractivity contribution in [3.63, 3.8) is 0 Å². The third-order valence-electron chi connectivity index (χ3n) is 4.72. The summed E-state index contributed by atoms with van der Waals surface area (Å²) in [5.41, 5.74) is 1.57. The lowest BCUT2D eigenvalue weighted by Gasteiger charge is -2.29. The summed E-state index contributed by atoms with van der Waals surface area (Å²) in [5.74, 6) is 0.669. The maximum atomic E-state index is 13.2. The molecule has 0 fully saturated rings. The Kier molecular flexibility index (Phi) is 9.00. The monoisotopic (exact) mass is 450 g/mol. The average molecular weight is 451 g/mol. The molecule has 0 aliphatic heterocycles. The minimum absolute atomic E-state index is 0.0773. The van der Waals surface area contributed by atoms with E-state index in [1.807, 2.05) is 38.1 Å². The van der Waals surface area contributed by atoms with E-state index in [9.17, 15) is 9.59 Å². The van der Waals surface area contributed by atoms with Crippen molar-refractivity contribution in [3.8, 4) is 5.75 Å². The van der Waals surface area contributed by atoms with E-state index in [4.69, 9.17) is 27.9 Å². The molecule has 2 rings (SSSR count). The topological polar surface area (TPSA) is 58.6 Å². The molecule has 1 N–H and O–H groups in total. The van der Waals surface area contributed by atoms with E-state index in [1.54, 1.807) is 37.1 Å². The molecule has 0 spiro atoms. The lowest BCUT2D eigenvalue weighted by atomic mass is 10.1. The van der Waals surface area contributed by atoms with Crippen molar-refractivity contribution in [1.82, 2.24) is 10.2 Å². The lowest BCUT2D eigenvalue weighted by molar-refractivity contribution is -0.140. The van der Waals surface area contributed by atoms with Crippen LogP contribution in [-0.4, -0.2) is 36.4 Å². The smallest absolute Gasteiger partial charge is 0.242 e. The van der Waals surface area contributed by atoms with Gasteiger partial charge in [-0.05, 0) is 48.2 Å². The molecule has 0 saturated carbocycles. The van der Waals surface area contributed by atoms with Crippen LogP contribution in [0.5, 0.6) is 5.75 Å². The highest BCUT2D eigenvalue weighted by Gasteiger charge is 2.26. The van der Waals surface area contributed by atoms with E-state index in [0.29, 0.717) is 34.6 Å². The van der Waals surface area contributed by atoms with Gasteiger partial charge in [0.1, 0.15) is 11.8 Å². The first kappa shape index (κ1) is 24.0. The molecule has 0 aliphatic carbocycles. The highest BCUT2D eigenvalue weighted by molar-refractivity contribution is 6.35. The second kappa shape index (κ2) is 11.2. The van der Waals surface area contributed by atoms with E-state index in [2.05, 4.69) is 5.32 Å². The number of carbonyl (C=O) groups excluding carboxylic acids is 2. The standard InChI is InChI=1S/C23H28Cl2N2O3/c1-15(2)13-26-23(29)16(3)27(14-17-5-9-20(30-4)10-6-17)22(28)11-18-7-8-19(24)12-21(18)25/h5-10,12,15-16H,11,13-14H2,1-4H3,(H,26,29). The number of amides is 2. The second-order valence-electron chi connectivity index (χ2n) is 7.60. The van der Waals surface area contributed by atoms with Gasteiger partial charge in [0.05, 0.1) is 13.5 Å². The molecule has 2 aromatic carbocycles. The fraction of sp³-hybridized carbons (Fsp3) is 0.391. The van der Waals surface area contributed by atoms with Crippen molar-refractivity contribution >= 4 is 35.0 Å². The SMILES string of the molecule is COc1ccc(CN(C(=O)Cc2ccc(Cl)cc2Cl)C(C)C(=O)NCC(C)C)cc1. The molecule has 0 heterocycles. The third-order valence-corrected chi connectivity index (χ3v) is 5.31. The van der Waals surface area contributed by atoms with Crippen LogP contribution in [0.25, 0.3) is 0 Å². The molecule has 2 aromatic rings. The summed E-state index contributed by atoms with van der Waals surface area (Å²) in [6.45, 7) is 6.63. The van der Waals surface area contributed by atoms with E-state index in [1.165, 1.54) is 0 Å². The lowest BCUT2D eigenvalue weighted by Crippen LogP contribution is -2.48. The minimum Gasteiger partial charge on any atom is -0.497 e. The molecule has 2 amide bonds. The zero-order chi connectivity index (χ0) is 22.3. The summed E-state index contributed by atoms with van der Waals surface area (Å²) in [5, 5.41) is 3.84. The van der Waals surface area contributed by atoms with Gasteiger partial charge in [0.2, 0.25) is 11.8 Å². The van der Waals surface area contributed by atoms with Crippen LogP contribution in [0.15, 0.2) is 42.5 Å². The van der Waals surface area contributed by atoms with Gasteiger partial charge in [-0.15, -0.1) is 0 Å².